The zero-order chi connectivity index (χ0) is 17.6. The fraction of sp³-hybridized carbons (Fsp3) is 0.600. The van der Waals surface area contributed by atoms with E-state index in [9.17, 15) is 0 Å². The first kappa shape index (κ1) is 17.9. The number of hydrogen-bond acceptors (Lipinski definition) is 5. The van der Waals surface area contributed by atoms with Crippen molar-refractivity contribution in [1.29, 1.82) is 0 Å². The van der Waals surface area contributed by atoms with Crippen molar-refractivity contribution in [2.24, 2.45) is 5.92 Å². The van der Waals surface area contributed by atoms with Gasteiger partial charge in [-0.25, -0.2) is 9.97 Å². The summed E-state index contributed by atoms with van der Waals surface area (Å²) in [5.41, 5.74) is 3.27. The van der Waals surface area contributed by atoms with Gasteiger partial charge < -0.3 is 16.0 Å². The summed E-state index contributed by atoms with van der Waals surface area (Å²) in [5, 5.41) is 10.3. The highest BCUT2D eigenvalue weighted by molar-refractivity contribution is 5.74. The quantitative estimate of drug-likeness (QED) is 0.633. The van der Waals surface area contributed by atoms with Crippen molar-refractivity contribution in [3.8, 4) is 0 Å². The molecule has 0 spiro atoms. The molecule has 5 nitrogen and oxygen atoms in total. The van der Waals surface area contributed by atoms with Crippen LogP contribution in [-0.4, -0.2) is 36.1 Å². The van der Waals surface area contributed by atoms with E-state index in [-0.39, 0.29) is 0 Å². The van der Waals surface area contributed by atoms with Crippen molar-refractivity contribution in [3.05, 3.63) is 36.3 Å². The second-order valence-electron chi connectivity index (χ2n) is 7.24. The van der Waals surface area contributed by atoms with Crippen LogP contribution in [0.3, 0.4) is 0 Å². The van der Waals surface area contributed by atoms with Gasteiger partial charge in [0.25, 0.3) is 0 Å². The van der Waals surface area contributed by atoms with E-state index in [0.29, 0.717) is 12.1 Å². The Balaban J connectivity index is 1.71. The maximum atomic E-state index is 4.77. The number of nitrogens with one attached hydrogen (secondary N) is 3. The lowest BCUT2D eigenvalue weighted by Gasteiger charge is -2.28. The number of rotatable bonds is 8. The second kappa shape index (κ2) is 8.48. The molecule has 3 rings (SSSR count). The molecule has 1 heterocycles. The van der Waals surface area contributed by atoms with Crippen LogP contribution in [0.15, 0.2) is 30.6 Å². The van der Waals surface area contributed by atoms with Crippen molar-refractivity contribution in [2.45, 2.75) is 57.0 Å². The molecular weight excluding hydrogens is 310 g/mol. The first-order chi connectivity index (χ1) is 12.2. The Morgan fingerprint density at radius 3 is 2.48 bits per heavy atom. The van der Waals surface area contributed by atoms with Crippen LogP contribution in [0, 0.1) is 5.92 Å². The second-order valence-corrected chi connectivity index (χ2v) is 7.24. The average molecular weight is 342 g/mol. The van der Waals surface area contributed by atoms with Gasteiger partial charge in [-0.05, 0) is 64.0 Å². The van der Waals surface area contributed by atoms with Crippen LogP contribution >= 0.6 is 0 Å². The molecule has 0 atom stereocenters. The number of aromatic nitrogens is 2. The maximum absolute atomic E-state index is 4.77. The molecule has 1 aromatic rings. The molecule has 136 valence electrons. The van der Waals surface area contributed by atoms with Gasteiger partial charge >= 0.3 is 0 Å². The fourth-order valence-corrected chi connectivity index (χ4v) is 3.63. The molecule has 0 amide bonds. The monoisotopic (exact) mass is 341 g/mol. The van der Waals surface area contributed by atoms with Crippen molar-refractivity contribution in [3.63, 3.8) is 0 Å². The topological polar surface area (TPSA) is 61.9 Å². The van der Waals surface area contributed by atoms with E-state index in [4.69, 9.17) is 4.98 Å². The van der Waals surface area contributed by atoms with Gasteiger partial charge in [-0.15, -0.1) is 0 Å². The zero-order valence-corrected chi connectivity index (χ0v) is 15.5. The highest BCUT2D eigenvalue weighted by Gasteiger charge is 2.24. The highest BCUT2D eigenvalue weighted by atomic mass is 15.1. The van der Waals surface area contributed by atoms with Gasteiger partial charge in [0.05, 0.1) is 5.69 Å². The lowest BCUT2D eigenvalue weighted by molar-refractivity contribution is 0.370. The maximum Gasteiger partial charge on any atom is 0.223 e. The molecule has 2 saturated carbocycles. The Morgan fingerprint density at radius 2 is 1.88 bits per heavy atom. The molecule has 2 fully saturated rings. The van der Waals surface area contributed by atoms with Gasteiger partial charge in [-0.1, -0.05) is 12.7 Å². The lowest BCUT2D eigenvalue weighted by Crippen LogP contribution is -2.35. The molecule has 2 aliphatic carbocycles. The van der Waals surface area contributed by atoms with Gasteiger partial charge in [0.15, 0.2) is 0 Å². The largest absolute Gasteiger partial charge is 0.391 e. The van der Waals surface area contributed by atoms with Crippen molar-refractivity contribution in [2.75, 3.05) is 19.4 Å². The van der Waals surface area contributed by atoms with Gasteiger partial charge in [0, 0.05) is 36.6 Å². The van der Waals surface area contributed by atoms with Crippen LogP contribution in [-0.2, 0) is 0 Å². The van der Waals surface area contributed by atoms with Crippen molar-refractivity contribution in [1.82, 2.24) is 20.6 Å². The van der Waals surface area contributed by atoms with E-state index in [1.165, 1.54) is 31.4 Å². The van der Waals surface area contributed by atoms with Gasteiger partial charge in [-0.2, -0.15) is 0 Å². The number of nitrogens with zero attached hydrogens (tertiary/aromatic N) is 2. The van der Waals surface area contributed by atoms with Crippen LogP contribution in [0.1, 0.15) is 50.6 Å². The molecule has 0 saturated heterocycles. The Morgan fingerprint density at radius 1 is 1.16 bits per heavy atom. The molecule has 0 aliphatic heterocycles. The summed E-state index contributed by atoms with van der Waals surface area (Å²) in [7, 11) is 4.04. The molecule has 5 heteroatoms. The highest BCUT2D eigenvalue weighted by Crippen LogP contribution is 2.36. The van der Waals surface area contributed by atoms with E-state index in [1.807, 2.05) is 25.4 Å². The molecule has 0 bridgehead atoms. The summed E-state index contributed by atoms with van der Waals surface area (Å²) in [5.74, 6) is 1.55. The minimum absolute atomic E-state index is 0.464. The van der Waals surface area contributed by atoms with E-state index < -0.39 is 0 Å². The summed E-state index contributed by atoms with van der Waals surface area (Å²) in [4.78, 5) is 9.20. The molecule has 0 aromatic carbocycles. The molecule has 1 aromatic heterocycles. The summed E-state index contributed by atoms with van der Waals surface area (Å²) < 4.78 is 0. The number of anilines is 1. The van der Waals surface area contributed by atoms with E-state index >= 15 is 0 Å². The van der Waals surface area contributed by atoms with Crippen LogP contribution < -0.4 is 16.0 Å². The normalized spacial score (nSPS) is 24.4. The van der Waals surface area contributed by atoms with E-state index in [2.05, 4.69) is 34.6 Å². The molecule has 0 radical (unpaired) electrons. The third-order valence-corrected chi connectivity index (χ3v) is 5.42. The SMILES string of the molecule is C=C/C(=C(/CC1CC1)NC)c1ccnc(NC2CCC(NC)CC2)n1. The minimum Gasteiger partial charge on any atom is -0.391 e. The van der Waals surface area contributed by atoms with Gasteiger partial charge in [0.1, 0.15) is 0 Å². The number of hydrogen-bond donors (Lipinski definition) is 3. The van der Waals surface area contributed by atoms with Crippen LogP contribution in [0.4, 0.5) is 5.95 Å². The Hall–Kier alpha value is -1.88. The standard InChI is InChI=1S/C20H31N5/c1-4-17(19(22-3)13-14-5-6-14)18-11-12-23-20(25-18)24-16-9-7-15(21-2)8-10-16/h4,11-12,14-16,21-22H,1,5-10,13H2,2-3H3,(H,23,24,25)/b19-17+. The lowest BCUT2D eigenvalue weighted by atomic mass is 9.91. The third kappa shape index (κ3) is 4.82. The van der Waals surface area contributed by atoms with Crippen LogP contribution in [0.2, 0.25) is 0 Å². The van der Waals surface area contributed by atoms with Crippen LogP contribution in [0.5, 0.6) is 0 Å². The summed E-state index contributed by atoms with van der Waals surface area (Å²) in [6.45, 7) is 4.01. The molecular formula is C20H31N5. The van der Waals surface area contributed by atoms with Gasteiger partial charge in [-0.3, -0.25) is 0 Å². The Bertz CT molecular complexity index is 612. The van der Waals surface area contributed by atoms with E-state index in [1.54, 1.807) is 0 Å². The molecule has 0 unspecified atom stereocenters. The van der Waals surface area contributed by atoms with Crippen molar-refractivity contribution < 1.29 is 0 Å². The summed E-state index contributed by atoms with van der Waals surface area (Å²) in [6, 6.07) is 3.09. The smallest absolute Gasteiger partial charge is 0.223 e. The molecule has 3 N–H and O–H groups in total. The predicted molar refractivity (Wildman–Crippen MR) is 104 cm³/mol. The zero-order valence-electron chi connectivity index (χ0n) is 15.5. The number of allylic oxidation sites excluding steroid dienone is 3. The average Bonchev–Trinajstić information content (AvgIpc) is 3.46. The minimum atomic E-state index is 0.464. The molecule has 25 heavy (non-hydrogen) atoms. The third-order valence-electron chi connectivity index (χ3n) is 5.42. The fourth-order valence-electron chi connectivity index (χ4n) is 3.63. The first-order valence-corrected chi connectivity index (χ1v) is 9.54. The summed E-state index contributed by atoms with van der Waals surface area (Å²) >= 11 is 0. The van der Waals surface area contributed by atoms with Gasteiger partial charge in [0.2, 0.25) is 5.95 Å². The van der Waals surface area contributed by atoms with Crippen molar-refractivity contribution >= 4 is 11.5 Å². The first-order valence-electron chi connectivity index (χ1n) is 9.54. The Labute approximate surface area is 151 Å². The summed E-state index contributed by atoms with van der Waals surface area (Å²) in [6.07, 6.45) is 12.2. The Kier molecular flexibility index (Phi) is 6.08. The molecule has 2 aliphatic rings. The predicted octanol–water partition coefficient (Wildman–Crippen LogP) is 3.34. The van der Waals surface area contributed by atoms with Crippen LogP contribution in [0.25, 0.3) is 5.57 Å². The van der Waals surface area contributed by atoms with E-state index in [0.717, 1.165) is 42.4 Å².